The number of rotatable bonds is 3. The normalized spacial score (nSPS) is 52.8. The molecular weight excluding hydrogens is 608 g/mol. The van der Waals surface area contributed by atoms with E-state index < -0.39 is 40.8 Å². The molecule has 0 aromatic heterocycles. The van der Waals surface area contributed by atoms with Gasteiger partial charge in [-0.1, -0.05) is 74.9 Å². The van der Waals surface area contributed by atoms with Gasteiger partial charge in [0.15, 0.2) is 0 Å². The summed E-state index contributed by atoms with van der Waals surface area (Å²) in [5, 5.41) is 11.8. The molecule has 3 saturated carbocycles. The average molecular weight is 657 g/mol. The van der Waals surface area contributed by atoms with Crippen molar-refractivity contribution in [1.82, 2.24) is 0 Å². The van der Waals surface area contributed by atoms with Crippen LogP contribution < -0.4 is 0 Å². The van der Waals surface area contributed by atoms with Gasteiger partial charge in [0.2, 0.25) is 5.79 Å². The number of carbonyl (C=O) groups is 3. The van der Waals surface area contributed by atoms with Gasteiger partial charge in [-0.15, -0.1) is 0 Å². The molecule has 1 spiro atoms. The number of ketones is 1. The Morgan fingerprint density at radius 3 is 2.54 bits per heavy atom. The Hall–Kier alpha value is -2.81. The quantitative estimate of drug-likeness (QED) is 0.311. The Labute approximate surface area is 282 Å². The van der Waals surface area contributed by atoms with Gasteiger partial charge in [-0.2, -0.15) is 0 Å². The first-order chi connectivity index (χ1) is 22.7. The summed E-state index contributed by atoms with van der Waals surface area (Å²) in [7, 11) is 0. The summed E-state index contributed by atoms with van der Waals surface area (Å²) in [6.07, 6.45) is 10.9. The lowest BCUT2D eigenvalue weighted by atomic mass is 9.39. The first-order valence-electron chi connectivity index (χ1n) is 18.0. The molecule has 256 valence electrons. The second-order valence-electron chi connectivity index (χ2n) is 17.6. The lowest BCUT2D eigenvalue weighted by Crippen LogP contribution is -2.63. The van der Waals surface area contributed by atoms with Gasteiger partial charge in [0.05, 0.1) is 31.7 Å². The van der Waals surface area contributed by atoms with Gasteiger partial charge in [0, 0.05) is 24.2 Å². The highest BCUT2D eigenvalue weighted by Crippen LogP contribution is 2.89. The molecule has 3 heterocycles. The molecule has 13 atom stereocenters. The highest BCUT2D eigenvalue weighted by Gasteiger charge is 2.86. The van der Waals surface area contributed by atoms with E-state index in [1.165, 1.54) is 18.1 Å². The summed E-state index contributed by atoms with van der Waals surface area (Å²) in [6.45, 7) is 10.7. The van der Waals surface area contributed by atoms with Crippen molar-refractivity contribution < 1.29 is 38.4 Å². The monoisotopic (exact) mass is 656 g/mol. The van der Waals surface area contributed by atoms with Crippen molar-refractivity contribution in [3.8, 4) is 0 Å². The number of esters is 2. The van der Waals surface area contributed by atoms with Crippen LogP contribution in [-0.4, -0.2) is 53.5 Å². The number of benzene rings is 1. The van der Waals surface area contributed by atoms with E-state index >= 15 is 0 Å². The summed E-state index contributed by atoms with van der Waals surface area (Å²) >= 11 is 0. The van der Waals surface area contributed by atoms with Crippen molar-refractivity contribution in [2.45, 2.75) is 103 Å². The standard InChI is InChI=1S/C40H48O8/c1-23(41)47-34(2)19-40(46-21-34)32(43)31(33(44)48-40)26-12-16-39-20-38(26,39)15-13-28-35(3)14-11-25-17-27(24-9-7-6-8-10-24)45-22-36(25,4)29(35)18-30(42)37(28,39)5/h6-11,13,15,26-29,31-32,43H,12,14,16-22H2,1-5H3/t26-,27-,28+,29+,31-,32+,34+,35+,36-,37-,38+,39+,40-/m0/s1. The third-order valence-electron chi connectivity index (χ3n) is 15.4. The Morgan fingerprint density at radius 1 is 1.02 bits per heavy atom. The molecule has 1 N–H and O–H groups in total. The van der Waals surface area contributed by atoms with Crippen LogP contribution in [0.5, 0.6) is 0 Å². The minimum Gasteiger partial charge on any atom is -0.457 e. The fourth-order valence-electron chi connectivity index (χ4n) is 13.2. The topological polar surface area (TPSA) is 108 Å². The Balaban J connectivity index is 1.03. The third-order valence-corrected chi connectivity index (χ3v) is 15.4. The summed E-state index contributed by atoms with van der Waals surface area (Å²) in [5.41, 5.74) is 0.179. The van der Waals surface area contributed by atoms with E-state index in [9.17, 15) is 19.5 Å². The van der Waals surface area contributed by atoms with Crippen LogP contribution in [0.15, 0.2) is 54.1 Å². The van der Waals surface area contributed by atoms with Gasteiger partial charge in [-0.05, 0) is 78.6 Å². The Kier molecular flexibility index (Phi) is 6.17. The van der Waals surface area contributed by atoms with Crippen LogP contribution in [0.25, 0.3) is 0 Å². The smallest absolute Gasteiger partial charge is 0.314 e. The molecule has 8 nitrogen and oxygen atoms in total. The maximum Gasteiger partial charge on any atom is 0.314 e. The van der Waals surface area contributed by atoms with E-state index in [1.807, 2.05) is 6.07 Å². The number of hydrogen-bond donors (Lipinski definition) is 1. The first-order valence-corrected chi connectivity index (χ1v) is 18.0. The third kappa shape index (κ3) is 3.60. The second-order valence-corrected chi connectivity index (χ2v) is 17.6. The van der Waals surface area contributed by atoms with Crippen molar-refractivity contribution in [3.63, 3.8) is 0 Å². The molecule has 8 heteroatoms. The van der Waals surface area contributed by atoms with Gasteiger partial charge in [0.25, 0.3) is 0 Å². The van der Waals surface area contributed by atoms with Crippen LogP contribution in [0.1, 0.15) is 91.2 Å². The van der Waals surface area contributed by atoms with Crippen molar-refractivity contribution in [1.29, 1.82) is 0 Å². The number of aliphatic hydroxyl groups excluding tert-OH is 1. The molecule has 5 aliphatic carbocycles. The lowest BCUT2D eigenvalue weighted by Gasteiger charge is -2.64. The van der Waals surface area contributed by atoms with Crippen molar-refractivity contribution in [2.24, 2.45) is 50.7 Å². The van der Waals surface area contributed by atoms with Gasteiger partial charge in [-0.3, -0.25) is 14.4 Å². The zero-order valence-electron chi connectivity index (χ0n) is 28.8. The zero-order chi connectivity index (χ0) is 33.7. The molecule has 0 radical (unpaired) electrons. The highest BCUT2D eigenvalue weighted by atomic mass is 16.8. The minimum absolute atomic E-state index is 0.0391. The number of Topliss-reactive ketones (excluding diaryl/α,β-unsaturated/α-hetero) is 1. The maximum atomic E-state index is 14.8. The Morgan fingerprint density at radius 2 is 1.79 bits per heavy atom. The molecule has 0 unspecified atom stereocenters. The first kappa shape index (κ1) is 31.2. The SMILES string of the molecule is CC(=O)O[C@@]1(C)CO[C@@]2(C1)OC(=O)[C@@H]([C@@H]1CC[C@]34C[C@]13C=C[C@@H]1[C@@]3(C)CC=C5C[C@@H](c6ccccc6)OC[C@]5(C)[C@@H]3CC(=O)[C@]14C)[C@H]2O. The van der Waals surface area contributed by atoms with E-state index in [1.54, 1.807) is 6.92 Å². The summed E-state index contributed by atoms with van der Waals surface area (Å²) < 4.78 is 24.0. The van der Waals surface area contributed by atoms with Crippen molar-refractivity contribution in [3.05, 3.63) is 59.7 Å². The number of fused-ring (bicyclic) bond motifs is 5. The fourth-order valence-corrected chi connectivity index (χ4v) is 13.2. The van der Waals surface area contributed by atoms with Gasteiger partial charge < -0.3 is 24.1 Å². The van der Waals surface area contributed by atoms with Crippen molar-refractivity contribution >= 4 is 17.7 Å². The van der Waals surface area contributed by atoms with E-state index in [0.717, 1.165) is 32.1 Å². The summed E-state index contributed by atoms with van der Waals surface area (Å²) in [5.74, 6) is -2.76. The van der Waals surface area contributed by atoms with Gasteiger partial charge in [0.1, 0.15) is 17.5 Å². The van der Waals surface area contributed by atoms with E-state index in [4.69, 9.17) is 18.9 Å². The molecule has 0 amide bonds. The molecule has 1 aromatic rings. The van der Waals surface area contributed by atoms with Crippen molar-refractivity contribution in [2.75, 3.05) is 13.2 Å². The number of ether oxygens (including phenoxy) is 4. The van der Waals surface area contributed by atoms with Crippen LogP contribution in [-0.2, 0) is 33.3 Å². The van der Waals surface area contributed by atoms with Gasteiger partial charge in [-0.25, -0.2) is 0 Å². The number of allylic oxidation sites excluding steroid dienone is 3. The molecule has 48 heavy (non-hydrogen) atoms. The summed E-state index contributed by atoms with van der Waals surface area (Å²) in [6, 6.07) is 10.5. The van der Waals surface area contributed by atoms with Crippen LogP contribution in [0, 0.1) is 50.7 Å². The molecule has 6 fully saturated rings. The van der Waals surface area contributed by atoms with Crippen LogP contribution in [0.3, 0.4) is 0 Å². The molecule has 8 aliphatic rings. The molecule has 3 aliphatic heterocycles. The predicted molar refractivity (Wildman–Crippen MR) is 174 cm³/mol. The van der Waals surface area contributed by atoms with E-state index in [-0.39, 0.29) is 58.5 Å². The second kappa shape index (κ2) is 9.49. The zero-order valence-corrected chi connectivity index (χ0v) is 28.8. The van der Waals surface area contributed by atoms with Crippen LogP contribution in [0.4, 0.5) is 0 Å². The Bertz CT molecular complexity index is 1680. The molecule has 3 saturated heterocycles. The minimum atomic E-state index is -1.53. The van der Waals surface area contributed by atoms with Gasteiger partial charge >= 0.3 is 11.9 Å². The summed E-state index contributed by atoms with van der Waals surface area (Å²) in [4.78, 5) is 40.3. The molecule has 1 aromatic carbocycles. The lowest BCUT2D eigenvalue weighted by molar-refractivity contribution is -0.220. The average Bonchev–Trinajstić information content (AvgIpc) is 3.34. The van der Waals surface area contributed by atoms with E-state index in [2.05, 4.69) is 63.3 Å². The number of hydrogen-bond acceptors (Lipinski definition) is 8. The van der Waals surface area contributed by atoms with Crippen LogP contribution in [0.2, 0.25) is 0 Å². The van der Waals surface area contributed by atoms with Crippen LogP contribution >= 0.6 is 0 Å². The largest absolute Gasteiger partial charge is 0.457 e. The number of carbonyl (C=O) groups excluding carboxylic acids is 3. The molecular formula is C40H48O8. The fraction of sp³-hybridized carbons (Fsp3) is 0.675. The predicted octanol–water partition coefficient (Wildman–Crippen LogP) is 6.03. The molecule has 9 rings (SSSR count). The molecule has 0 bridgehead atoms. The maximum absolute atomic E-state index is 14.8. The highest BCUT2D eigenvalue weighted by molar-refractivity contribution is 5.90. The van der Waals surface area contributed by atoms with E-state index in [0.29, 0.717) is 18.8 Å². The number of aliphatic hydroxyl groups is 1.